The number of amides is 2. The number of nitrogens with one attached hydrogen (secondary N) is 2. The Morgan fingerprint density at radius 3 is 1.59 bits per heavy atom. The summed E-state index contributed by atoms with van der Waals surface area (Å²) in [6, 6.07) is 13.5. The zero-order chi connectivity index (χ0) is 20.6. The molecule has 146 valence electrons. The predicted molar refractivity (Wildman–Crippen MR) is 107 cm³/mol. The van der Waals surface area contributed by atoms with Gasteiger partial charge in [-0.05, 0) is 50.2 Å². The predicted octanol–water partition coefficient (Wildman–Crippen LogP) is 2.38. The first-order valence-corrected chi connectivity index (χ1v) is 8.66. The van der Waals surface area contributed by atoms with E-state index in [0.717, 1.165) is 0 Å². The lowest BCUT2D eigenvalue weighted by Gasteiger charge is -2.01. The molecule has 0 atom stereocenters. The number of furan rings is 1. The minimum Gasteiger partial charge on any atom is -0.446 e. The number of pyridine rings is 2. The molecular formula is C20H18N6O3. The van der Waals surface area contributed by atoms with Crippen LogP contribution in [-0.4, -0.2) is 33.2 Å². The molecule has 29 heavy (non-hydrogen) atoms. The maximum Gasteiger partial charge on any atom is 0.307 e. The summed E-state index contributed by atoms with van der Waals surface area (Å²) in [5.41, 5.74) is 7.06. The van der Waals surface area contributed by atoms with Crippen molar-refractivity contribution in [3.63, 3.8) is 0 Å². The van der Waals surface area contributed by atoms with Crippen LogP contribution in [0.1, 0.15) is 46.3 Å². The molecule has 0 aliphatic heterocycles. The van der Waals surface area contributed by atoms with Crippen molar-refractivity contribution in [1.82, 2.24) is 20.8 Å². The van der Waals surface area contributed by atoms with Gasteiger partial charge in [0, 0.05) is 12.4 Å². The molecule has 0 aliphatic rings. The van der Waals surface area contributed by atoms with Crippen molar-refractivity contribution in [2.75, 3.05) is 0 Å². The lowest BCUT2D eigenvalue weighted by atomic mass is 10.3. The third kappa shape index (κ3) is 5.19. The Morgan fingerprint density at radius 1 is 0.759 bits per heavy atom. The number of rotatable bonds is 6. The van der Waals surface area contributed by atoms with E-state index < -0.39 is 11.8 Å². The SMILES string of the molecule is CC(=NNC(=O)c1ccc(C(=O)NN=C(C)c2ccccn2)o1)c1ccccn1. The quantitative estimate of drug-likeness (QED) is 0.494. The molecule has 0 bridgehead atoms. The molecule has 2 N–H and O–H groups in total. The average molecular weight is 390 g/mol. The lowest BCUT2D eigenvalue weighted by Crippen LogP contribution is -2.20. The topological polar surface area (TPSA) is 122 Å². The third-order valence-electron chi connectivity index (χ3n) is 3.78. The van der Waals surface area contributed by atoms with Crippen LogP contribution in [0.3, 0.4) is 0 Å². The van der Waals surface area contributed by atoms with Gasteiger partial charge in [0.15, 0.2) is 11.5 Å². The summed E-state index contributed by atoms with van der Waals surface area (Å²) in [6.45, 7) is 3.43. The summed E-state index contributed by atoms with van der Waals surface area (Å²) in [5, 5.41) is 7.97. The van der Waals surface area contributed by atoms with E-state index in [1.807, 2.05) is 12.1 Å². The van der Waals surface area contributed by atoms with Gasteiger partial charge < -0.3 is 4.42 Å². The van der Waals surface area contributed by atoms with Crippen LogP contribution in [-0.2, 0) is 0 Å². The van der Waals surface area contributed by atoms with Crippen molar-refractivity contribution in [1.29, 1.82) is 0 Å². The Morgan fingerprint density at radius 2 is 1.21 bits per heavy atom. The van der Waals surface area contributed by atoms with Gasteiger partial charge in [0.1, 0.15) is 0 Å². The maximum atomic E-state index is 12.2. The van der Waals surface area contributed by atoms with E-state index >= 15 is 0 Å². The Kier molecular flexibility index (Phi) is 6.21. The van der Waals surface area contributed by atoms with Gasteiger partial charge in [-0.2, -0.15) is 10.2 Å². The van der Waals surface area contributed by atoms with Crippen molar-refractivity contribution in [2.24, 2.45) is 10.2 Å². The molecule has 0 saturated heterocycles. The molecule has 3 aromatic rings. The number of carbonyl (C=O) groups is 2. The molecule has 2 amide bonds. The van der Waals surface area contributed by atoms with Crippen molar-refractivity contribution in [3.05, 3.63) is 83.8 Å². The van der Waals surface area contributed by atoms with Crippen LogP contribution in [0.2, 0.25) is 0 Å². The summed E-state index contributed by atoms with van der Waals surface area (Å²) in [5.74, 6) is -1.30. The van der Waals surface area contributed by atoms with Gasteiger partial charge in [0.25, 0.3) is 0 Å². The molecular weight excluding hydrogens is 372 g/mol. The Labute approximate surface area is 166 Å². The van der Waals surface area contributed by atoms with Crippen molar-refractivity contribution < 1.29 is 14.0 Å². The van der Waals surface area contributed by atoms with Crippen LogP contribution < -0.4 is 10.9 Å². The van der Waals surface area contributed by atoms with Crippen LogP contribution in [0.4, 0.5) is 0 Å². The molecule has 0 radical (unpaired) electrons. The largest absolute Gasteiger partial charge is 0.446 e. The minimum absolute atomic E-state index is 0.0573. The van der Waals surface area contributed by atoms with Crippen LogP contribution in [0.25, 0.3) is 0 Å². The molecule has 0 aliphatic carbocycles. The highest BCUT2D eigenvalue weighted by atomic mass is 16.4. The Bertz CT molecular complexity index is 974. The number of nitrogens with zero attached hydrogens (tertiary/aromatic N) is 4. The Balaban J connectivity index is 1.61. The highest BCUT2D eigenvalue weighted by molar-refractivity contribution is 6.00. The van der Waals surface area contributed by atoms with Gasteiger partial charge in [-0.3, -0.25) is 19.6 Å². The van der Waals surface area contributed by atoms with E-state index in [2.05, 4.69) is 31.0 Å². The van der Waals surface area contributed by atoms with Crippen LogP contribution in [0, 0.1) is 0 Å². The summed E-state index contributed by atoms with van der Waals surface area (Å²) in [6.07, 6.45) is 3.26. The number of hydrogen-bond donors (Lipinski definition) is 2. The van der Waals surface area contributed by atoms with Crippen molar-refractivity contribution in [2.45, 2.75) is 13.8 Å². The van der Waals surface area contributed by atoms with Crippen molar-refractivity contribution in [3.8, 4) is 0 Å². The maximum absolute atomic E-state index is 12.2. The fraction of sp³-hybridized carbons (Fsp3) is 0.100. The summed E-state index contributed by atoms with van der Waals surface area (Å²) in [7, 11) is 0. The molecule has 9 heteroatoms. The smallest absolute Gasteiger partial charge is 0.307 e. The first kappa shape index (κ1) is 19.6. The second-order valence-electron chi connectivity index (χ2n) is 5.87. The van der Waals surface area contributed by atoms with Crippen LogP contribution in [0.5, 0.6) is 0 Å². The summed E-state index contributed by atoms with van der Waals surface area (Å²) >= 11 is 0. The third-order valence-corrected chi connectivity index (χ3v) is 3.78. The van der Waals surface area contributed by atoms with E-state index in [1.54, 1.807) is 50.5 Å². The van der Waals surface area contributed by atoms with E-state index in [9.17, 15) is 9.59 Å². The average Bonchev–Trinajstić information content (AvgIpc) is 3.27. The zero-order valence-electron chi connectivity index (χ0n) is 15.8. The molecule has 3 heterocycles. The molecule has 9 nitrogen and oxygen atoms in total. The Hall–Kier alpha value is -4.14. The highest BCUT2D eigenvalue weighted by Crippen LogP contribution is 2.08. The van der Waals surface area contributed by atoms with Gasteiger partial charge in [-0.1, -0.05) is 12.1 Å². The van der Waals surface area contributed by atoms with E-state index in [0.29, 0.717) is 22.8 Å². The fourth-order valence-corrected chi connectivity index (χ4v) is 2.23. The van der Waals surface area contributed by atoms with Crippen LogP contribution in [0.15, 0.2) is 75.5 Å². The lowest BCUT2D eigenvalue weighted by molar-refractivity contribution is 0.0902. The molecule has 0 saturated carbocycles. The number of hydrogen-bond acceptors (Lipinski definition) is 7. The molecule has 0 fully saturated rings. The standard InChI is InChI=1S/C20H18N6O3/c1-13(15-7-3-5-11-21-15)23-25-19(27)17-9-10-18(29-17)20(28)26-24-14(2)16-8-4-6-12-22-16/h3-12H,1-2H3,(H,25,27)(H,26,28). The summed E-state index contributed by atoms with van der Waals surface area (Å²) in [4.78, 5) is 32.6. The van der Waals surface area contributed by atoms with Gasteiger partial charge in [0.05, 0.1) is 22.8 Å². The first-order chi connectivity index (χ1) is 14.0. The van der Waals surface area contributed by atoms with Gasteiger partial charge in [-0.25, -0.2) is 10.9 Å². The molecule has 0 spiro atoms. The highest BCUT2D eigenvalue weighted by Gasteiger charge is 2.15. The van der Waals surface area contributed by atoms with E-state index in [-0.39, 0.29) is 11.5 Å². The number of carbonyl (C=O) groups excluding carboxylic acids is 2. The second-order valence-corrected chi connectivity index (χ2v) is 5.87. The normalized spacial score (nSPS) is 11.8. The monoisotopic (exact) mass is 390 g/mol. The summed E-state index contributed by atoms with van der Waals surface area (Å²) < 4.78 is 5.29. The molecule has 0 unspecified atom stereocenters. The van der Waals surface area contributed by atoms with Gasteiger partial charge in [0.2, 0.25) is 0 Å². The van der Waals surface area contributed by atoms with Crippen molar-refractivity contribution >= 4 is 23.2 Å². The number of aromatic nitrogens is 2. The molecule has 0 aromatic carbocycles. The van der Waals surface area contributed by atoms with Crippen LogP contribution >= 0.6 is 0 Å². The van der Waals surface area contributed by atoms with E-state index in [4.69, 9.17) is 4.42 Å². The molecule has 3 rings (SSSR count). The first-order valence-electron chi connectivity index (χ1n) is 8.66. The second kappa shape index (κ2) is 9.18. The van der Waals surface area contributed by atoms with Gasteiger partial charge in [-0.15, -0.1) is 0 Å². The minimum atomic E-state index is -0.590. The number of hydrazone groups is 2. The van der Waals surface area contributed by atoms with Gasteiger partial charge >= 0.3 is 11.8 Å². The molecule has 3 aromatic heterocycles. The fourth-order valence-electron chi connectivity index (χ4n) is 2.23. The zero-order valence-corrected chi connectivity index (χ0v) is 15.8. The van der Waals surface area contributed by atoms with E-state index in [1.165, 1.54) is 12.1 Å².